The van der Waals surface area contributed by atoms with Gasteiger partial charge in [-0.3, -0.25) is 0 Å². The highest BCUT2D eigenvalue weighted by molar-refractivity contribution is 6.34. The smallest absolute Gasteiger partial charge is 0.160 e. The van der Waals surface area contributed by atoms with E-state index < -0.39 is 0 Å². The van der Waals surface area contributed by atoms with Gasteiger partial charge in [-0.1, -0.05) is 151 Å². The number of hydrogen-bond donors (Lipinski definition) is 0. The number of fused-ring (bicyclic) bond motifs is 17. The van der Waals surface area contributed by atoms with Crippen LogP contribution < -0.4 is 25.2 Å². The Balaban J connectivity index is 1.01. The molecule has 7 nitrogen and oxygen atoms in total. The summed E-state index contributed by atoms with van der Waals surface area (Å²) in [6.45, 7) is 13.6. The second-order valence-corrected chi connectivity index (χ2v) is 22.7. The van der Waals surface area contributed by atoms with Gasteiger partial charge in [-0.2, -0.15) is 0 Å². The fourth-order valence-corrected chi connectivity index (χ4v) is 12.3. The number of benzene rings is 8. The molecule has 366 valence electrons. The van der Waals surface area contributed by atoms with E-state index in [1.165, 1.54) is 16.7 Å². The summed E-state index contributed by atoms with van der Waals surface area (Å²) < 4.78 is 35.1. The molecule has 5 heterocycles. The van der Waals surface area contributed by atoms with Gasteiger partial charge in [-0.05, 0) is 89.1 Å². The number of para-hydroxylation sites is 4. The lowest BCUT2D eigenvalue weighted by Gasteiger charge is -2.33. The van der Waals surface area contributed by atoms with E-state index in [-0.39, 0.29) is 23.0 Å². The van der Waals surface area contributed by atoms with Crippen molar-refractivity contribution in [2.45, 2.75) is 77.4 Å². The van der Waals surface area contributed by atoms with Crippen molar-refractivity contribution in [1.29, 1.82) is 0 Å². The van der Waals surface area contributed by atoms with Crippen LogP contribution in [-0.2, 0) is 10.8 Å². The lowest BCUT2D eigenvalue weighted by molar-refractivity contribution is 0.274. The predicted molar refractivity (Wildman–Crippen MR) is 307 cm³/mol. The molecule has 7 heteroatoms. The largest absolute Gasteiger partial charge is 0.485 e. The molecule has 75 heavy (non-hydrogen) atoms. The van der Waals surface area contributed by atoms with Crippen LogP contribution in [0.3, 0.4) is 0 Å². The van der Waals surface area contributed by atoms with Gasteiger partial charge in [-0.25, -0.2) is 0 Å². The zero-order valence-corrected chi connectivity index (χ0v) is 42.8. The standard InChI is InChI=1S/C68H54N2O5/c1-67(2,3)39-23-27-41(28-24-39)69(43-31-33-47-45-15-7-11-19-53(45)71-57(47)35-43)51-37-60-64(66-61(51)49-17-9-13-21-55(49)75-66)63-59(73-60)38-52(65-62(63)50-18-10-14-22-56(50)74-65)70(42-29-25-40(26-30-42)68(4,5)6)44-32-34-48-46-16-8-12-20-54(46)72-58(48)36-44/h7-30,32-35,37-38,43,58H,31,36H2,1-6H3. The first kappa shape index (κ1) is 43.9. The minimum atomic E-state index is -0.135. The number of nitrogens with zero attached hydrogens (tertiary/aromatic N) is 2. The highest BCUT2D eigenvalue weighted by Gasteiger charge is 2.36. The van der Waals surface area contributed by atoms with Gasteiger partial charge in [0, 0.05) is 78.9 Å². The molecule has 2 atom stereocenters. The molecule has 0 saturated heterocycles. The van der Waals surface area contributed by atoms with Crippen LogP contribution in [0, 0.1) is 0 Å². The first-order valence-corrected chi connectivity index (χ1v) is 26.2. The second-order valence-electron chi connectivity index (χ2n) is 22.7. The Morgan fingerprint density at radius 2 is 1.08 bits per heavy atom. The molecule has 4 aromatic heterocycles. The molecule has 3 aliphatic rings. The topological polar surface area (TPSA) is 68.3 Å². The van der Waals surface area contributed by atoms with Crippen LogP contribution in [0.4, 0.5) is 22.7 Å². The maximum absolute atomic E-state index is 7.40. The van der Waals surface area contributed by atoms with Crippen molar-refractivity contribution < 1.29 is 22.4 Å². The number of hydrogen-bond acceptors (Lipinski definition) is 7. The van der Waals surface area contributed by atoms with E-state index in [0.29, 0.717) is 6.42 Å². The van der Waals surface area contributed by atoms with Gasteiger partial charge in [0.05, 0.1) is 28.2 Å². The van der Waals surface area contributed by atoms with Gasteiger partial charge in [0.2, 0.25) is 0 Å². The van der Waals surface area contributed by atoms with Gasteiger partial charge >= 0.3 is 0 Å². The van der Waals surface area contributed by atoms with Crippen molar-refractivity contribution in [2.75, 3.05) is 9.80 Å². The number of allylic oxidation sites excluding steroid dienone is 2. The SMILES string of the molecule is CC(C)(C)c1ccc(N(C2=CC=C3c4ccccc4OC3C2)c2cc3oc4cc(N(c5ccc(C(C)(C)C)cc5)C5C=c6oc7ccccc7c6=CC5)c5c6ccccc6oc5c4c3c3c2oc2ccccc23)cc1. The van der Waals surface area contributed by atoms with Gasteiger partial charge in [0.25, 0.3) is 0 Å². The summed E-state index contributed by atoms with van der Waals surface area (Å²) in [7, 11) is 0. The van der Waals surface area contributed by atoms with Crippen LogP contribution in [0.15, 0.2) is 193 Å². The Morgan fingerprint density at radius 3 is 1.79 bits per heavy atom. The zero-order chi connectivity index (χ0) is 50.5. The summed E-state index contributed by atoms with van der Waals surface area (Å²) in [5, 5.41) is 8.16. The van der Waals surface area contributed by atoms with Gasteiger partial charge < -0.3 is 32.2 Å². The van der Waals surface area contributed by atoms with E-state index in [4.69, 9.17) is 22.4 Å². The molecule has 2 aliphatic carbocycles. The normalized spacial score (nSPS) is 16.5. The maximum Gasteiger partial charge on any atom is 0.160 e. The average Bonchev–Trinajstić information content (AvgIpc) is 4.26. The molecule has 0 amide bonds. The number of furan rings is 4. The van der Waals surface area contributed by atoms with Gasteiger partial charge in [0.15, 0.2) is 5.58 Å². The molecule has 0 saturated carbocycles. The fraction of sp³-hybridized carbons (Fsp3) is 0.176. The first-order valence-electron chi connectivity index (χ1n) is 26.2. The molecule has 0 fully saturated rings. The Labute approximate surface area is 433 Å². The van der Waals surface area contributed by atoms with Crippen LogP contribution in [0.25, 0.3) is 94.5 Å². The lowest BCUT2D eigenvalue weighted by Crippen LogP contribution is -2.36. The summed E-state index contributed by atoms with van der Waals surface area (Å²) in [6, 6.07) is 55.8. The van der Waals surface area contributed by atoms with E-state index in [9.17, 15) is 0 Å². The van der Waals surface area contributed by atoms with E-state index in [1.54, 1.807) is 0 Å². The molecule has 1 aliphatic heterocycles. The molecule has 0 bridgehead atoms. The number of anilines is 4. The van der Waals surface area contributed by atoms with Crippen LogP contribution in [0.5, 0.6) is 5.75 Å². The van der Waals surface area contributed by atoms with Crippen LogP contribution in [0.2, 0.25) is 0 Å². The van der Waals surface area contributed by atoms with Crippen LogP contribution in [0.1, 0.15) is 71.1 Å². The third-order valence-corrected chi connectivity index (χ3v) is 16.0. The Hall–Kier alpha value is -8.68. The van der Waals surface area contributed by atoms with Crippen molar-refractivity contribution >= 4 is 117 Å². The van der Waals surface area contributed by atoms with Crippen molar-refractivity contribution in [3.05, 3.63) is 203 Å². The number of rotatable bonds is 6. The quantitative estimate of drug-likeness (QED) is 0.164. The monoisotopic (exact) mass is 978 g/mol. The van der Waals surface area contributed by atoms with E-state index in [1.807, 2.05) is 18.2 Å². The minimum absolute atomic E-state index is 0.0191. The molecular weight excluding hydrogens is 925 g/mol. The first-order chi connectivity index (χ1) is 36.4. The van der Waals surface area contributed by atoms with Crippen molar-refractivity contribution in [1.82, 2.24) is 0 Å². The van der Waals surface area contributed by atoms with Gasteiger partial charge in [0.1, 0.15) is 50.8 Å². The molecule has 12 aromatic rings. The molecule has 0 spiro atoms. The Bertz CT molecular complexity index is 4540. The third-order valence-electron chi connectivity index (χ3n) is 16.0. The molecule has 15 rings (SSSR count). The summed E-state index contributed by atoms with van der Waals surface area (Å²) >= 11 is 0. The fourth-order valence-electron chi connectivity index (χ4n) is 12.3. The second kappa shape index (κ2) is 15.9. The van der Waals surface area contributed by atoms with E-state index >= 15 is 0 Å². The van der Waals surface area contributed by atoms with Crippen molar-refractivity contribution in [3.63, 3.8) is 0 Å². The highest BCUT2D eigenvalue weighted by atomic mass is 16.5. The minimum Gasteiger partial charge on any atom is -0.485 e. The van der Waals surface area contributed by atoms with E-state index in [0.717, 1.165) is 134 Å². The molecule has 8 aromatic carbocycles. The van der Waals surface area contributed by atoms with E-state index in [2.05, 4.69) is 215 Å². The van der Waals surface area contributed by atoms with Crippen LogP contribution >= 0.6 is 0 Å². The summed E-state index contributed by atoms with van der Waals surface area (Å²) in [5.74, 6) is 0.920. The third kappa shape index (κ3) is 6.73. The number of ether oxygens (including phenoxy) is 1. The Morgan fingerprint density at radius 1 is 0.493 bits per heavy atom. The molecular formula is C68H54N2O5. The lowest BCUT2D eigenvalue weighted by atomic mass is 9.87. The van der Waals surface area contributed by atoms with Crippen molar-refractivity contribution in [2.24, 2.45) is 0 Å². The average molecular weight is 979 g/mol. The molecule has 0 radical (unpaired) electrons. The Kier molecular flexibility index (Phi) is 9.31. The summed E-state index contributed by atoms with van der Waals surface area (Å²) in [4.78, 5) is 4.82. The zero-order valence-electron chi connectivity index (χ0n) is 42.8. The van der Waals surface area contributed by atoms with Gasteiger partial charge in [-0.15, -0.1) is 0 Å². The molecule has 2 unspecified atom stereocenters. The maximum atomic E-state index is 7.40. The van der Waals surface area contributed by atoms with Crippen molar-refractivity contribution in [3.8, 4) is 5.75 Å². The summed E-state index contributed by atoms with van der Waals surface area (Å²) in [6.07, 6.45) is 10.4. The molecule has 0 N–H and O–H groups in total. The highest BCUT2D eigenvalue weighted by Crippen LogP contribution is 2.53. The van der Waals surface area contributed by atoms with Crippen LogP contribution in [-0.4, -0.2) is 12.1 Å². The predicted octanol–water partition coefficient (Wildman–Crippen LogP) is 17.2. The summed E-state index contributed by atoms with van der Waals surface area (Å²) in [5.41, 5.74) is 16.2.